The van der Waals surface area contributed by atoms with Crippen LogP contribution in [0.1, 0.15) is 41.7 Å². The van der Waals surface area contributed by atoms with Gasteiger partial charge in [-0.05, 0) is 30.5 Å². The van der Waals surface area contributed by atoms with E-state index in [0.29, 0.717) is 18.1 Å². The molecule has 1 fully saturated rings. The number of hydrogen-bond acceptors (Lipinski definition) is 4. The van der Waals surface area contributed by atoms with Crippen molar-refractivity contribution in [2.24, 2.45) is 0 Å². The molecule has 0 radical (unpaired) electrons. The number of nitrogens with zero attached hydrogens (tertiary/aromatic N) is 2. The van der Waals surface area contributed by atoms with Crippen molar-refractivity contribution in [3.05, 3.63) is 53.7 Å². The predicted molar refractivity (Wildman–Crippen MR) is 85.5 cm³/mol. The highest BCUT2D eigenvalue weighted by Crippen LogP contribution is 2.18. The molecule has 3 rings (SSSR count). The van der Waals surface area contributed by atoms with E-state index in [0.717, 1.165) is 18.4 Å². The van der Waals surface area contributed by atoms with Gasteiger partial charge in [0.15, 0.2) is 0 Å². The van der Waals surface area contributed by atoms with E-state index in [1.807, 2.05) is 0 Å². The van der Waals surface area contributed by atoms with Crippen LogP contribution in [0.25, 0.3) is 0 Å². The summed E-state index contributed by atoms with van der Waals surface area (Å²) < 4.78 is 12.9. The largest absolute Gasteiger partial charge is 0.366 e. The quantitative estimate of drug-likeness (QED) is 0.890. The third-order valence-corrected chi connectivity index (χ3v) is 3.98. The first-order valence-corrected chi connectivity index (χ1v) is 7.82. The summed E-state index contributed by atoms with van der Waals surface area (Å²) in [5.41, 5.74) is 1.29. The minimum absolute atomic E-state index is 0.163. The Morgan fingerprint density at radius 3 is 2.65 bits per heavy atom. The third kappa shape index (κ3) is 4.25. The summed E-state index contributed by atoms with van der Waals surface area (Å²) >= 11 is 0. The topological polar surface area (TPSA) is 66.9 Å². The number of hydrogen-bond donors (Lipinski definition) is 2. The second kappa shape index (κ2) is 7.17. The van der Waals surface area contributed by atoms with Crippen LogP contribution in [0.15, 0.2) is 36.7 Å². The molecule has 0 saturated heterocycles. The number of anilines is 1. The fourth-order valence-corrected chi connectivity index (χ4v) is 2.70. The molecular formula is C17H19FN4O. The van der Waals surface area contributed by atoms with Gasteiger partial charge in [0.1, 0.15) is 23.7 Å². The fourth-order valence-electron chi connectivity index (χ4n) is 2.70. The van der Waals surface area contributed by atoms with Gasteiger partial charge in [0, 0.05) is 18.7 Å². The molecule has 0 spiro atoms. The Morgan fingerprint density at radius 2 is 1.91 bits per heavy atom. The van der Waals surface area contributed by atoms with Crippen LogP contribution < -0.4 is 10.6 Å². The first-order valence-electron chi connectivity index (χ1n) is 7.82. The summed E-state index contributed by atoms with van der Waals surface area (Å²) in [5, 5.41) is 6.12. The van der Waals surface area contributed by atoms with Gasteiger partial charge >= 0.3 is 0 Å². The summed E-state index contributed by atoms with van der Waals surface area (Å²) in [6.07, 6.45) is 5.77. The Labute approximate surface area is 134 Å². The van der Waals surface area contributed by atoms with E-state index < -0.39 is 0 Å². The van der Waals surface area contributed by atoms with Crippen LogP contribution in [-0.4, -0.2) is 21.9 Å². The maximum Gasteiger partial charge on any atom is 0.270 e. The summed E-state index contributed by atoms with van der Waals surface area (Å²) in [4.78, 5) is 20.3. The molecular weight excluding hydrogens is 295 g/mol. The molecule has 1 saturated carbocycles. The van der Waals surface area contributed by atoms with Crippen LogP contribution in [0.4, 0.5) is 10.2 Å². The maximum absolute atomic E-state index is 12.9. The van der Waals surface area contributed by atoms with Crippen LogP contribution in [0.2, 0.25) is 0 Å². The first kappa shape index (κ1) is 15.4. The number of rotatable bonds is 5. The van der Waals surface area contributed by atoms with Gasteiger partial charge in [0.05, 0.1) is 0 Å². The van der Waals surface area contributed by atoms with E-state index in [4.69, 9.17) is 0 Å². The van der Waals surface area contributed by atoms with Crippen LogP contribution in [0.5, 0.6) is 0 Å². The molecule has 1 aliphatic rings. The lowest BCUT2D eigenvalue weighted by Crippen LogP contribution is -2.33. The van der Waals surface area contributed by atoms with Crippen LogP contribution in [-0.2, 0) is 6.54 Å². The predicted octanol–water partition coefficient (Wildman–Crippen LogP) is 2.90. The van der Waals surface area contributed by atoms with Crippen molar-refractivity contribution in [1.29, 1.82) is 0 Å². The SMILES string of the molecule is O=C(NC1CCCC1)c1cc(NCc2ccc(F)cc2)ncn1. The number of aromatic nitrogens is 2. The zero-order valence-corrected chi connectivity index (χ0v) is 12.8. The lowest BCUT2D eigenvalue weighted by Gasteiger charge is -2.12. The Hall–Kier alpha value is -2.50. The minimum atomic E-state index is -0.262. The molecule has 6 heteroatoms. The van der Waals surface area contributed by atoms with Crippen LogP contribution in [0, 0.1) is 5.82 Å². The van der Waals surface area contributed by atoms with Crippen molar-refractivity contribution in [1.82, 2.24) is 15.3 Å². The van der Waals surface area contributed by atoms with Crippen LogP contribution >= 0.6 is 0 Å². The van der Waals surface area contributed by atoms with E-state index in [2.05, 4.69) is 20.6 Å². The molecule has 1 amide bonds. The van der Waals surface area contributed by atoms with E-state index in [9.17, 15) is 9.18 Å². The lowest BCUT2D eigenvalue weighted by molar-refractivity contribution is 0.0932. The average molecular weight is 314 g/mol. The first-order chi connectivity index (χ1) is 11.2. The molecule has 23 heavy (non-hydrogen) atoms. The van der Waals surface area contributed by atoms with E-state index in [1.165, 1.54) is 31.3 Å². The minimum Gasteiger partial charge on any atom is -0.366 e. The zero-order valence-electron chi connectivity index (χ0n) is 12.8. The molecule has 1 aromatic carbocycles. The Morgan fingerprint density at radius 1 is 1.17 bits per heavy atom. The molecule has 1 aromatic heterocycles. The number of benzene rings is 1. The molecule has 120 valence electrons. The van der Waals surface area contributed by atoms with Crippen molar-refractivity contribution in [3.8, 4) is 0 Å². The number of nitrogens with one attached hydrogen (secondary N) is 2. The average Bonchev–Trinajstić information content (AvgIpc) is 3.07. The van der Waals surface area contributed by atoms with E-state index >= 15 is 0 Å². The van der Waals surface area contributed by atoms with Gasteiger partial charge in [-0.1, -0.05) is 25.0 Å². The highest BCUT2D eigenvalue weighted by atomic mass is 19.1. The number of carbonyl (C=O) groups excluding carboxylic acids is 1. The number of carbonyl (C=O) groups is 1. The molecule has 1 heterocycles. The normalized spacial score (nSPS) is 14.7. The van der Waals surface area contributed by atoms with Crippen molar-refractivity contribution < 1.29 is 9.18 Å². The Balaban J connectivity index is 1.60. The third-order valence-electron chi connectivity index (χ3n) is 3.98. The second-order valence-electron chi connectivity index (χ2n) is 5.72. The van der Waals surface area contributed by atoms with E-state index in [-0.39, 0.29) is 17.8 Å². The maximum atomic E-state index is 12.9. The Bertz CT molecular complexity index is 669. The van der Waals surface area contributed by atoms with Crippen molar-refractivity contribution >= 4 is 11.7 Å². The zero-order chi connectivity index (χ0) is 16.1. The highest BCUT2D eigenvalue weighted by Gasteiger charge is 2.18. The molecule has 1 aliphatic carbocycles. The summed E-state index contributed by atoms with van der Waals surface area (Å²) in [7, 11) is 0. The van der Waals surface area contributed by atoms with Gasteiger partial charge in [-0.15, -0.1) is 0 Å². The van der Waals surface area contributed by atoms with Gasteiger partial charge in [-0.25, -0.2) is 14.4 Å². The fraction of sp³-hybridized carbons (Fsp3) is 0.353. The van der Waals surface area contributed by atoms with Gasteiger partial charge in [-0.3, -0.25) is 4.79 Å². The lowest BCUT2D eigenvalue weighted by atomic mass is 10.2. The molecule has 0 aliphatic heterocycles. The molecule has 2 N–H and O–H groups in total. The summed E-state index contributed by atoms with van der Waals surface area (Å²) in [6, 6.07) is 8.13. The standard InChI is InChI=1S/C17H19FN4O/c18-13-7-5-12(6-8-13)10-19-16-9-15(20-11-21-16)17(23)22-14-3-1-2-4-14/h5-9,11,14H,1-4,10H2,(H,22,23)(H,19,20,21). The Kier molecular flexibility index (Phi) is 4.80. The highest BCUT2D eigenvalue weighted by molar-refractivity contribution is 5.93. The van der Waals surface area contributed by atoms with Gasteiger partial charge in [0.2, 0.25) is 0 Å². The second-order valence-corrected chi connectivity index (χ2v) is 5.72. The van der Waals surface area contributed by atoms with Crippen molar-refractivity contribution in [3.63, 3.8) is 0 Å². The van der Waals surface area contributed by atoms with Gasteiger partial charge in [-0.2, -0.15) is 0 Å². The molecule has 0 atom stereocenters. The van der Waals surface area contributed by atoms with Crippen molar-refractivity contribution in [2.75, 3.05) is 5.32 Å². The van der Waals surface area contributed by atoms with Crippen molar-refractivity contribution in [2.45, 2.75) is 38.3 Å². The monoisotopic (exact) mass is 314 g/mol. The molecule has 2 aromatic rings. The molecule has 0 bridgehead atoms. The van der Waals surface area contributed by atoms with Crippen LogP contribution in [0.3, 0.4) is 0 Å². The molecule has 5 nitrogen and oxygen atoms in total. The van der Waals surface area contributed by atoms with Gasteiger partial charge < -0.3 is 10.6 Å². The van der Waals surface area contributed by atoms with Gasteiger partial charge in [0.25, 0.3) is 5.91 Å². The summed E-state index contributed by atoms with van der Waals surface area (Å²) in [6.45, 7) is 0.501. The summed E-state index contributed by atoms with van der Waals surface area (Å²) in [5.74, 6) is 0.145. The smallest absolute Gasteiger partial charge is 0.270 e. The number of halogens is 1. The molecule has 0 unspecified atom stereocenters. The number of amides is 1. The van der Waals surface area contributed by atoms with E-state index in [1.54, 1.807) is 18.2 Å².